The van der Waals surface area contributed by atoms with Crippen molar-refractivity contribution in [1.29, 1.82) is 5.26 Å². The average Bonchev–Trinajstić information content (AvgIpc) is 2.31. The monoisotopic (exact) mass is 230 g/mol. The molecule has 0 N–H and O–H groups in total. The number of nitriles is 1. The van der Waals surface area contributed by atoms with Gasteiger partial charge in [0, 0.05) is 13.6 Å². The molecule has 0 aliphatic carbocycles. The zero-order valence-corrected chi connectivity index (χ0v) is 10.6. The number of hydrogen-bond acceptors (Lipinski definition) is 2. The molecule has 0 aromatic heterocycles. The van der Waals surface area contributed by atoms with Crippen molar-refractivity contribution in [1.82, 2.24) is 4.90 Å². The fourth-order valence-corrected chi connectivity index (χ4v) is 1.66. The van der Waals surface area contributed by atoms with Crippen LogP contribution < -0.4 is 0 Å². The summed E-state index contributed by atoms with van der Waals surface area (Å²) in [6, 6.07) is 10.0. The molecule has 0 aliphatic heterocycles. The second-order valence-electron chi connectivity index (χ2n) is 4.41. The molecule has 90 valence electrons. The molecule has 0 aliphatic rings. The molecule has 1 unspecified atom stereocenters. The van der Waals surface area contributed by atoms with E-state index in [-0.39, 0.29) is 11.8 Å². The van der Waals surface area contributed by atoms with E-state index in [0.29, 0.717) is 13.0 Å². The standard InChI is InChI=1S/C14H18N2O/c1-11(9-15)10-16(3)14(17)8-13-7-5-4-6-12(13)2/h4-7,11H,8,10H2,1-3H3. The number of rotatable bonds is 4. The lowest BCUT2D eigenvalue weighted by atomic mass is 10.1. The van der Waals surface area contributed by atoms with Gasteiger partial charge in [-0.3, -0.25) is 4.79 Å². The molecule has 1 atom stereocenters. The highest BCUT2D eigenvalue weighted by Crippen LogP contribution is 2.09. The van der Waals surface area contributed by atoms with E-state index in [0.717, 1.165) is 11.1 Å². The SMILES string of the molecule is Cc1ccccc1CC(=O)N(C)CC(C)C#N. The lowest BCUT2D eigenvalue weighted by Crippen LogP contribution is -2.32. The van der Waals surface area contributed by atoms with Crippen LogP contribution in [0.25, 0.3) is 0 Å². The summed E-state index contributed by atoms with van der Waals surface area (Å²) in [6.45, 7) is 4.30. The van der Waals surface area contributed by atoms with Gasteiger partial charge in [0.2, 0.25) is 5.91 Å². The lowest BCUT2D eigenvalue weighted by Gasteiger charge is -2.18. The summed E-state index contributed by atoms with van der Waals surface area (Å²) >= 11 is 0. The molecule has 1 amide bonds. The van der Waals surface area contributed by atoms with E-state index in [9.17, 15) is 4.79 Å². The summed E-state index contributed by atoms with van der Waals surface area (Å²) in [4.78, 5) is 13.6. The minimum atomic E-state index is -0.124. The minimum Gasteiger partial charge on any atom is -0.344 e. The molecule has 0 bridgehead atoms. The molecule has 1 aromatic rings. The number of likely N-dealkylation sites (N-methyl/N-ethyl adjacent to an activating group) is 1. The zero-order valence-electron chi connectivity index (χ0n) is 10.6. The molecule has 17 heavy (non-hydrogen) atoms. The van der Waals surface area contributed by atoms with Crippen molar-refractivity contribution >= 4 is 5.91 Å². The van der Waals surface area contributed by atoms with E-state index in [2.05, 4.69) is 6.07 Å². The van der Waals surface area contributed by atoms with E-state index in [1.54, 1.807) is 11.9 Å². The lowest BCUT2D eigenvalue weighted by molar-refractivity contribution is -0.129. The van der Waals surface area contributed by atoms with Gasteiger partial charge in [0.1, 0.15) is 0 Å². The maximum Gasteiger partial charge on any atom is 0.226 e. The Kier molecular flexibility index (Phi) is 4.71. The quantitative estimate of drug-likeness (QED) is 0.795. The number of carbonyl (C=O) groups excluding carboxylic acids is 1. The first-order chi connectivity index (χ1) is 8.04. The molecule has 0 fully saturated rings. The average molecular weight is 230 g/mol. The molecule has 3 heteroatoms. The Labute approximate surface area is 103 Å². The van der Waals surface area contributed by atoms with E-state index in [1.807, 2.05) is 38.1 Å². The van der Waals surface area contributed by atoms with Crippen molar-refractivity contribution in [2.75, 3.05) is 13.6 Å². The third-order valence-corrected chi connectivity index (χ3v) is 2.80. The molecule has 0 radical (unpaired) electrons. The number of carbonyl (C=O) groups is 1. The smallest absolute Gasteiger partial charge is 0.226 e. The topological polar surface area (TPSA) is 44.1 Å². The van der Waals surface area contributed by atoms with Crippen molar-refractivity contribution in [2.24, 2.45) is 5.92 Å². The Balaban J connectivity index is 2.61. The van der Waals surface area contributed by atoms with Crippen LogP contribution in [0.5, 0.6) is 0 Å². The molecule has 1 aromatic carbocycles. The van der Waals surface area contributed by atoms with Gasteiger partial charge in [-0.1, -0.05) is 24.3 Å². The highest BCUT2D eigenvalue weighted by molar-refractivity contribution is 5.78. The van der Waals surface area contributed by atoms with Gasteiger partial charge in [0.05, 0.1) is 18.4 Å². The fraction of sp³-hybridized carbons (Fsp3) is 0.429. The van der Waals surface area contributed by atoms with Crippen molar-refractivity contribution in [3.8, 4) is 6.07 Å². The van der Waals surface area contributed by atoms with Crippen LogP contribution in [0.2, 0.25) is 0 Å². The highest BCUT2D eigenvalue weighted by Gasteiger charge is 2.13. The summed E-state index contributed by atoms with van der Waals surface area (Å²) in [7, 11) is 1.74. The van der Waals surface area contributed by atoms with E-state index < -0.39 is 0 Å². The van der Waals surface area contributed by atoms with Crippen LogP contribution in [0.1, 0.15) is 18.1 Å². The number of aryl methyl sites for hydroxylation is 1. The van der Waals surface area contributed by atoms with Crippen LogP contribution in [0, 0.1) is 24.2 Å². The number of amides is 1. The van der Waals surface area contributed by atoms with Gasteiger partial charge in [-0.25, -0.2) is 0 Å². The van der Waals surface area contributed by atoms with Crippen LogP contribution in [0.15, 0.2) is 24.3 Å². The normalized spacial score (nSPS) is 11.6. The van der Waals surface area contributed by atoms with Gasteiger partial charge in [-0.2, -0.15) is 5.26 Å². The van der Waals surface area contributed by atoms with E-state index >= 15 is 0 Å². The molecule has 1 rings (SSSR count). The maximum absolute atomic E-state index is 11.9. The second kappa shape index (κ2) is 6.05. The Bertz CT molecular complexity index is 434. The maximum atomic E-state index is 11.9. The van der Waals surface area contributed by atoms with Gasteiger partial charge in [0.25, 0.3) is 0 Å². The van der Waals surface area contributed by atoms with Gasteiger partial charge in [-0.05, 0) is 25.0 Å². The summed E-state index contributed by atoms with van der Waals surface area (Å²) in [5, 5.41) is 8.71. The molecule has 3 nitrogen and oxygen atoms in total. The van der Waals surface area contributed by atoms with Crippen LogP contribution in [-0.4, -0.2) is 24.4 Å². The molecule has 0 saturated heterocycles. The second-order valence-corrected chi connectivity index (χ2v) is 4.41. The third-order valence-electron chi connectivity index (χ3n) is 2.80. The number of hydrogen-bond donors (Lipinski definition) is 0. The van der Waals surface area contributed by atoms with Crippen molar-refractivity contribution in [2.45, 2.75) is 20.3 Å². The Morgan fingerprint density at radius 2 is 2.12 bits per heavy atom. The molecule has 0 spiro atoms. The Morgan fingerprint density at radius 3 is 2.71 bits per heavy atom. The van der Waals surface area contributed by atoms with Crippen LogP contribution in [-0.2, 0) is 11.2 Å². The van der Waals surface area contributed by atoms with Crippen molar-refractivity contribution < 1.29 is 4.79 Å². The van der Waals surface area contributed by atoms with Gasteiger partial charge < -0.3 is 4.90 Å². The molecular weight excluding hydrogens is 212 g/mol. The third kappa shape index (κ3) is 3.92. The number of nitrogens with zero attached hydrogens (tertiary/aromatic N) is 2. The van der Waals surface area contributed by atoms with E-state index in [1.165, 1.54) is 0 Å². The van der Waals surface area contributed by atoms with Crippen molar-refractivity contribution in [3.63, 3.8) is 0 Å². The highest BCUT2D eigenvalue weighted by atomic mass is 16.2. The first-order valence-electron chi connectivity index (χ1n) is 5.72. The molecule has 0 saturated carbocycles. The summed E-state index contributed by atoms with van der Waals surface area (Å²) in [5.74, 6) is -0.0674. The largest absolute Gasteiger partial charge is 0.344 e. The summed E-state index contributed by atoms with van der Waals surface area (Å²) < 4.78 is 0. The minimum absolute atomic E-state index is 0.0569. The predicted molar refractivity (Wildman–Crippen MR) is 67.3 cm³/mol. The van der Waals surface area contributed by atoms with Gasteiger partial charge in [-0.15, -0.1) is 0 Å². The van der Waals surface area contributed by atoms with Crippen LogP contribution in [0.3, 0.4) is 0 Å². The molecular formula is C14H18N2O. The van der Waals surface area contributed by atoms with Crippen LogP contribution in [0.4, 0.5) is 0 Å². The Morgan fingerprint density at radius 1 is 1.47 bits per heavy atom. The fourth-order valence-electron chi connectivity index (χ4n) is 1.66. The first kappa shape index (κ1) is 13.2. The molecule has 0 heterocycles. The first-order valence-corrected chi connectivity index (χ1v) is 5.72. The van der Waals surface area contributed by atoms with Gasteiger partial charge in [0.15, 0.2) is 0 Å². The summed E-state index contributed by atoms with van der Waals surface area (Å²) in [6.07, 6.45) is 0.404. The predicted octanol–water partition coefficient (Wildman–Crippen LogP) is 2.16. The summed E-state index contributed by atoms with van der Waals surface area (Å²) in [5.41, 5.74) is 2.18. The Hall–Kier alpha value is -1.82. The van der Waals surface area contributed by atoms with Gasteiger partial charge >= 0.3 is 0 Å². The van der Waals surface area contributed by atoms with E-state index in [4.69, 9.17) is 5.26 Å². The number of benzene rings is 1. The van der Waals surface area contributed by atoms with Crippen molar-refractivity contribution in [3.05, 3.63) is 35.4 Å². The zero-order chi connectivity index (χ0) is 12.8. The van der Waals surface area contributed by atoms with Crippen LogP contribution >= 0.6 is 0 Å².